The summed E-state index contributed by atoms with van der Waals surface area (Å²) in [7, 11) is 2.82. The Morgan fingerprint density at radius 2 is 1.58 bits per heavy atom. The number of esters is 1. The lowest BCUT2D eigenvalue weighted by atomic mass is 9.80. The molecule has 0 saturated carbocycles. The second-order valence-electron chi connectivity index (χ2n) is 15.1. The van der Waals surface area contributed by atoms with Crippen LogP contribution in [0.2, 0.25) is 0 Å². The molecule has 0 aliphatic rings. The van der Waals surface area contributed by atoms with Gasteiger partial charge in [-0.1, -0.05) is 87.8 Å². The van der Waals surface area contributed by atoms with Crippen molar-refractivity contribution in [2.24, 2.45) is 21.6 Å². The van der Waals surface area contributed by atoms with E-state index in [1.165, 1.54) is 20.5 Å². The smallest absolute Gasteiger partial charge is 0.315 e. The van der Waals surface area contributed by atoms with Crippen molar-refractivity contribution in [1.82, 2.24) is 15.1 Å². The topological polar surface area (TPSA) is 190 Å². The number of rotatable bonds is 20. The molecule has 0 bridgehead atoms. The first-order valence-electron chi connectivity index (χ1n) is 20.7. The summed E-state index contributed by atoms with van der Waals surface area (Å²) in [6.07, 6.45) is 2.14. The van der Waals surface area contributed by atoms with E-state index in [0.29, 0.717) is 55.0 Å². The number of oxazole rings is 1. The van der Waals surface area contributed by atoms with E-state index in [1.807, 2.05) is 105 Å². The summed E-state index contributed by atoms with van der Waals surface area (Å²) in [4.78, 5) is 42.7. The van der Waals surface area contributed by atoms with Crippen molar-refractivity contribution in [2.45, 2.75) is 66.9 Å². The molecule has 0 radical (unpaired) electrons. The Bertz CT molecular complexity index is 2450. The van der Waals surface area contributed by atoms with Crippen molar-refractivity contribution in [1.29, 1.82) is 0 Å². The predicted octanol–water partition coefficient (Wildman–Crippen LogP) is 9.22. The molecule has 2 heterocycles. The van der Waals surface area contributed by atoms with Crippen LogP contribution >= 0.6 is 0 Å². The Kier molecular flexibility index (Phi) is 17.3. The Balaban J connectivity index is 0.000000241. The molecule has 6 rings (SSSR count). The van der Waals surface area contributed by atoms with Crippen LogP contribution in [0.5, 0.6) is 11.5 Å². The number of carboxylic acid groups (broad SMARTS) is 1. The normalized spacial score (nSPS) is 13.4. The molecule has 336 valence electrons. The molecule has 0 aliphatic heterocycles. The third kappa shape index (κ3) is 13.1. The average Bonchev–Trinajstić information content (AvgIpc) is 3.98. The first-order valence-corrected chi connectivity index (χ1v) is 20.7. The zero-order valence-corrected chi connectivity index (χ0v) is 37.4. The van der Waals surface area contributed by atoms with Crippen LogP contribution in [0, 0.1) is 25.2 Å². The SMILES string of the molecule is CCON=C(C)C(C)(Cc1ccc(OC(c2cccc(C)c2)c2ncno2)cc1)C(=O)O.CON=C(C)C(Cc1ccc(OCCc2nc(-c3ccccc3)oc2C)cc1)C(=O)OC. The fourth-order valence-electron chi connectivity index (χ4n) is 6.58. The number of nitrogens with zero attached hydrogens (tertiary/aromatic N) is 5. The van der Waals surface area contributed by atoms with Gasteiger partial charge in [0, 0.05) is 17.5 Å². The number of benzene rings is 4. The Labute approximate surface area is 373 Å². The average molecular weight is 874 g/mol. The van der Waals surface area contributed by atoms with E-state index in [1.54, 1.807) is 39.8 Å². The summed E-state index contributed by atoms with van der Waals surface area (Å²) in [6, 6.07) is 32.6. The highest BCUT2D eigenvalue weighted by Gasteiger charge is 2.37. The molecule has 15 heteroatoms. The Morgan fingerprint density at radius 3 is 2.20 bits per heavy atom. The van der Waals surface area contributed by atoms with Crippen molar-refractivity contribution in [3.63, 3.8) is 0 Å². The molecular weight excluding hydrogens is 819 g/mol. The number of aryl methyl sites for hydroxylation is 2. The molecule has 4 aromatic carbocycles. The minimum Gasteiger partial charge on any atom is -0.493 e. The first-order chi connectivity index (χ1) is 30.8. The van der Waals surface area contributed by atoms with Crippen molar-refractivity contribution >= 4 is 23.4 Å². The van der Waals surface area contributed by atoms with Gasteiger partial charge in [-0.25, -0.2) is 4.98 Å². The van der Waals surface area contributed by atoms with Crippen LogP contribution in [-0.2, 0) is 43.3 Å². The number of carboxylic acids is 1. The summed E-state index contributed by atoms with van der Waals surface area (Å²) >= 11 is 0. The van der Waals surface area contributed by atoms with E-state index in [4.69, 9.17) is 32.8 Å². The van der Waals surface area contributed by atoms with Gasteiger partial charge in [-0.3, -0.25) is 9.59 Å². The lowest BCUT2D eigenvalue weighted by Gasteiger charge is -2.24. The summed E-state index contributed by atoms with van der Waals surface area (Å²) in [5, 5.41) is 21.3. The molecule has 0 spiro atoms. The number of hydrogen-bond acceptors (Lipinski definition) is 14. The van der Waals surface area contributed by atoms with Gasteiger partial charge in [-0.05, 0) is 102 Å². The summed E-state index contributed by atoms with van der Waals surface area (Å²) in [6.45, 7) is 11.6. The molecular formula is C49H55N5O10. The maximum atomic E-state index is 12.1. The van der Waals surface area contributed by atoms with E-state index < -0.39 is 23.4 Å². The molecule has 6 aromatic rings. The predicted molar refractivity (Wildman–Crippen MR) is 240 cm³/mol. The van der Waals surface area contributed by atoms with Crippen molar-refractivity contribution in [3.8, 4) is 23.0 Å². The second kappa shape index (κ2) is 23.2. The zero-order chi connectivity index (χ0) is 46.1. The van der Waals surface area contributed by atoms with Crippen LogP contribution in [-0.4, -0.2) is 71.0 Å². The van der Waals surface area contributed by atoms with E-state index in [9.17, 15) is 14.7 Å². The number of aromatic nitrogens is 3. The van der Waals surface area contributed by atoms with E-state index >= 15 is 0 Å². The van der Waals surface area contributed by atoms with Crippen molar-refractivity contribution < 1.29 is 47.5 Å². The number of carbonyl (C=O) groups is 2. The summed E-state index contributed by atoms with van der Waals surface area (Å²) in [5.74, 6) is 1.29. The van der Waals surface area contributed by atoms with Crippen LogP contribution in [0.1, 0.15) is 73.4 Å². The molecule has 2 aromatic heterocycles. The van der Waals surface area contributed by atoms with Crippen molar-refractivity contribution in [3.05, 3.63) is 149 Å². The molecule has 0 saturated heterocycles. The first kappa shape index (κ1) is 47.8. The molecule has 15 nitrogen and oxygen atoms in total. The Morgan fingerprint density at radius 1 is 0.875 bits per heavy atom. The highest BCUT2D eigenvalue weighted by atomic mass is 16.6. The molecule has 0 amide bonds. The van der Waals surface area contributed by atoms with Crippen LogP contribution < -0.4 is 9.47 Å². The van der Waals surface area contributed by atoms with E-state index in [0.717, 1.165) is 45.0 Å². The lowest BCUT2D eigenvalue weighted by molar-refractivity contribution is -0.144. The van der Waals surface area contributed by atoms with Gasteiger partial charge in [-0.2, -0.15) is 4.98 Å². The highest BCUT2D eigenvalue weighted by molar-refractivity contribution is 6.04. The maximum absolute atomic E-state index is 12.1. The van der Waals surface area contributed by atoms with Gasteiger partial charge in [0.15, 0.2) is 6.33 Å². The molecule has 1 N–H and O–H groups in total. The van der Waals surface area contributed by atoms with Crippen molar-refractivity contribution in [2.75, 3.05) is 27.4 Å². The molecule has 64 heavy (non-hydrogen) atoms. The minimum atomic E-state index is -1.19. The van der Waals surface area contributed by atoms with Gasteiger partial charge in [0.25, 0.3) is 5.89 Å². The van der Waals surface area contributed by atoms with Crippen LogP contribution in [0.4, 0.5) is 0 Å². The molecule has 0 aliphatic carbocycles. The number of oxime groups is 2. The van der Waals surface area contributed by atoms with Gasteiger partial charge >= 0.3 is 11.9 Å². The van der Waals surface area contributed by atoms with Crippen LogP contribution in [0.15, 0.2) is 129 Å². The number of aliphatic carboxylic acids is 1. The fraction of sp³-hybridized carbons (Fsp3) is 0.327. The van der Waals surface area contributed by atoms with Crippen LogP contribution in [0.3, 0.4) is 0 Å². The van der Waals surface area contributed by atoms with Gasteiger partial charge in [-0.15, -0.1) is 0 Å². The number of carbonyl (C=O) groups excluding carboxylic acids is 1. The van der Waals surface area contributed by atoms with Gasteiger partial charge in [0.1, 0.15) is 42.3 Å². The third-order valence-corrected chi connectivity index (χ3v) is 10.4. The quantitative estimate of drug-likeness (QED) is 0.0434. The van der Waals surface area contributed by atoms with Gasteiger partial charge < -0.3 is 37.9 Å². The fourth-order valence-corrected chi connectivity index (χ4v) is 6.58. The number of ether oxygens (including phenoxy) is 3. The lowest BCUT2D eigenvalue weighted by Crippen LogP contribution is -2.37. The third-order valence-electron chi connectivity index (χ3n) is 10.4. The van der Waals surface area contributed by atoms with E-state index in [-0.39, 0.29) is 12.4 Å². The van der Waals surface area contributed by atoms with E-state index in [2.05, 4.69) is 25.4 Å². The highest BCUT2D eigenvalue weighted by Crippen LogP contribution is 2.31. The Hall–Kier alpha value is -7.29. The standard InChI is InChI=1S/C25H28N2O5.C24H27N3O5/c1-17(27-30-4)22(25(28)29-3)16-19-10-12-21(13-11-19)31-15-14-23-18(2)32-24(26-23)20-8-6-5-7-9-20;1-5-30-27-17(3)24(4,23(28)29)14-18-9-11-20(12-10-18)31-21(22-25-15-26-32-22)19-8-6-7-16(2)13-19/h5-13,22H,14-16H2,1-4H3;6-13,15,21H,5,14H2,1-4H3,(H,28,29). The largest absolute Gasteiger partial charge is 0.493 e. The zero-order valence-electron chi connectivity index (χ0n) is 37.4. The minimum absolute atomic E-state index is 0.260. The number of methoxy groups -OCH3 is 1. The van der Waals surface area contributed by atoms with Crippen LogP contribution in [0.25, 0.3) is 11.5 Å². The monoisotopic (exact) mass is 873 g/mol. The molecule has 3 atom stereocenters. The summed E-state index contributed by atoms with van der Waals surface area (Å²) in [5.41, 5.74) is 5.40. The second-order valence-corrected chi connectivity index (χ2v) is 15.1. The number of hydrogen-bond donors (Lipinski definition) is 1. The molecule has 0 fully saturated rings. The maximum Gasteiger partial charge on any atom is 0.315 e. The molecule has 3 unspecified atom stereocenters. The van der Waals surface area contributed by atoms with Gasteiger partial charge in [0.2, 0.25) is 12.0 Å². The van der Waals surface area contributed by atoms with Gasteiger partial charge in [0.05, 0.1) is 30.8 Å². The summed E-state index contributed by atoms with van der Waals surface area (Å²) < 4.78 is 28.0.